The highest BCUT2D eigenvalue weighted by molar-refractivity contribution is 7.80. The third-order valence-corrected chi connectivity index (χ3v) is 4.13. The van der Waals surface area contributed by atoms with E-state index in [0.29, 0.717) is 0 Å². The Balaban J connectivity index is 2.43. The van der Waals surface area contributed by atoms with Crippen molar-refractivity contribution in [2.45, 2.75) is 6.04 Å². The Bertz CT molecular complexity index is 174. The van der Waals surface area contributed by atoms with Crippen molar-refractivity contribution in [2.24, 2.45) is 0 Å². The van der Waals surface area contributed by atoms with Crippen LogP contribution in [0, 0.1) is 0 Å². The van der Waals surface area contributed by atoms with E-state index in [1.54, 1.807) is 5.19 Å². The van der Waals surface area contributed by atoms with Crippen molar-refractivity contribution >= 4 is 27.3 Å². The van der Waals surface area contributed by atoms with Crippen molar-refractivity contribution in [3.8, 4) is 0 Å². The zero-order valence-electron chi connectivity index (χ0n) is 5.96. The lowest BCUT2D eigenvalue weighted by Crippen LogP contribution is -2.12. The average molecular weight is 168 g/mol. The van der Waals surface area contributed by atoms with Gasteiger partial charge in [0.25, 0.3) is 0 Å². The Hall–Kier alpha value is -0.213. The summed E-state index contributed by atoms with van der Waals surface area (Å²) >= 11 is 4.19. The monoisotopic (exact) mass is 168 g/mol. The Kier molecular flexibility index (Phi) is 3.61. The Morgan fingerprint density at radius 2 is 1.90 bits per heavy atom. The predicted octanol–water partition coefficient (Wildman–Crippen LogP) is 0.829. The van der Waals surface area contributed by atoms with Gasteiger partial charge in [0, 0.05) is 0 Å². The number of rotatable bonds is 3. The standard InChI is InChI=1S/C8H12SSi/c9-6-7-10-8-4-2-1-3-5-8/h1-5,9H,6-7,10H2. The molecule has 1 aromatic carbocycles. The molecule has 54 valence electrons. The molecule has 0 unspecified atom stereocenters. The molecule has 0 amide bonds. The molecule has 0 aliphatic heterocycles. The molecule has 0 N–H and O–H groups in total. The number of benzene rings is 1. The molecule has 0 fully saturated rings. The second-order valence-electron chi connectivity index (χ2n) is 2.31. The first-order valence-electron chi connectivity index (χ1n) is 3.58. The van der Waals surface area contributed by atoms with Gasteiger partial charge in [0.2, 0.25) is 0 Å². The Labute approximate surface area is 69.9 Å². The van der Waals surface area contributed by atoms with Gasteiger partial charge in [0.1, 0.15) is 0 Å². The van der Waals surface area contributed by atoms with Crippen LogP contribution in [-0.4, -0.2) is 15.3 Å². The van der Waals surface area contributed by atoms with E-state index in [1.165, 1.54) is 6.04 Å². The van der Waals surface area contributed by atoms with E-state index in [2.05, 4.69) is 43.0 Å². The lowest BCUT2D eigenvalue weighted by atomic mass is 10.4. The highest BCUT2D eigenvalue weighted by Gasteiger charge is 1.88. The molecule has 0 bridgehead atoms. The highest BCUT2D eigenvalue weighted by Crippen LogP contribution is 1.86. The van der Waals surface area contributed by atoms with Crippen LogP contribution in [0.1, 0.15) is 0 Å². The number of hydrogen-bond donors (Lipinski definition) is 1. The maximum atomic E-state index is 4.19. The van der Waals surface area contributed by atoms with Crippen LogP contribution in [0.5, 0.6) is 0 Å². The van der Waals surface area contributed by atoms with E-state index < -0.39 is 0 Å². The fourth-order valence-corrected chi connectivity index (χ4v) is 2.57. The molecular formula is C8H12SSi. The minimum atomic E-state index is 0.0122. The van der Waals surface area contributed by atoms with Gasteiger partial charge in [-0.05, 0) is 11.8 Å². The molecule has 0 saturated carbocycles. The minimum Gasteiger partial charge on any atom is -0.180 e. The molecule has 0 aromatic heterocycles. The van der Waals surface area contributed by atoms with E-state index in [-0.39, 0.29) is 9.52 Å². The fraction of sp³-hybridized carbons (Fsp3) is 0.250. The van der Waals surface area contributed by atoms with Crippen molar-refractivity contribution in [1.82, 2.24) is 0 Å². The Morgan fingerprint density at radius 3 is 2.50 bits per heavy atom. The van der Waals surface area contributed by atoms with Gasteiger partial charge in [-0.25, -0.2) is 0 Å². The molecule has 0 atom stereocenters. The third kappa shape index (κ3) is 2.58. The van der Waals surface area contributed by atoms with Crippen LogP contribution in [0.4, 0.5) is 0 Å². The van der Waals surface area contributed by atoms with Crippen molar-refractivity contribution in [3.63, 3.8) is 0 Å². The van der Waals surface area contributed by atoms with Crippen molar-refractivity contribution in [2.75, 3.05) is 5.75 Å². The van der Waals surface area contributed by atoms with Gasteiger partial charge in [-0.15, -0.1) is 0 Å². The SMILES string of the molecule is SCC[SiH2]c1ccccc1. The van der Waals surface area contributed by atoms with Crippen LogP contribution in [-0.2, 0) is 0 Å². The van der Waals surface area contributed by atoms with Crippen LogP contribution >= 0.6 is 12.6 Å². The van der Waals surface area contributed by atoms with Crippen molar-refractivity contribution in [1.29, 1.82) is 0 Å². The first-order valence-corrected chi connectivity index (χ1v) is 5.92. The van der Waals surface area contributed by atoms with E-state index in [9.17, 15) is 0 Å². The zero-order valence-corrected chi connectivity index (χ0v) is 8.26. The topological polar surface area (TPSA) is 0 Å². The molecule has 0 aliphatic rings. The van der Waals surface area contributed by atoms with Crippen molar-refractivity contribution < 1.29 is 0 Å². The maximum absolute atomic E-state index is 4.19. The van der Waals surface area contributed by atoms with E-state index in [4.69, 9.17) is 0 Å². The summed E-state index contributed by atoms with van der Waals surface area (Å²) in [7, 11) is 0.0122. The molecule has 2 heteroatoms. The van der Waals surface area contributed by atoms with Gasteiger partial charge in [-0.2, -0.15) is 12.6 Å². The summed E-state index contributed by atoms with van der Waals surface area (Å²) in [5, 5.41) is 1.55. The quantitative estimate of drug-likeness (QED) is 0.501. The number of hydrogen-bond acceptors (Lipinski definition) is 1. The molecule has 1 aromatic rings. The van der Waals surface area contributed by atoms with Gasteiger partial charge >= 0.3 is 0 Å². The molecule has 0 aliphatic carbocycles. The highest BCUT2D eigenvalue weighted by atomic mass is 32.1. The van der Waals surface area contributed by atoms with Crippen LogP contribution in [0.25, 0.3) is 0 Å². The molecule has 0 saturated heterocycles. The largest absolute Gasteiger partial charge is 0.180 e. The van der Waals surface area contributed by atoms with Gasteiger partial charge < -0.3 is 0 Å². The Morgan fingerprint density at radius 1 is 1.20 bits per heavy atom. The van der Waals surface area contributed by atoms with Crippen LogP contribution in [0.15, 0.2) is 30.3 Å². The summed E-state index contributed by atoms with van der Waals surface area (Å²) in [5.74, 6) is 1.04. The van der Waals surface area contributed by atoms with Gasteiger partial charge in [0.05, 0.1) is 9.52 Å². The van der Waals surface area contributed by atoms with E-state index in [1.807, 2.05) is 0 Å². The van der Waals surface area contributed by atoms with Crippen LogP contribution in [0.3, 0.4) is 0 Å². The first-order chi connectivity index (χ1) is 4.93. The average Bonchev–Trinajstić information content (AvgIpc) is 2.03. The summed E-state index contributed by atoms with van der Waals surface area (Å²) in [5.41, 5.74) is 0. The maximum Gasteiger partial charge on any atom is 0.0555 e. The van der Waals surface area contributed by atoms with Gasteiger partial charge in [-0.1, -0.05) is 35.5 Å². The molecule has 1 rings (SSSR count). The first kappa shape index (κ1) is 7.89. The molecule has 0 spiro atoms. The third-order valence-electron chi connectivity index (χ3n) is 1.47. The molecular weight excluding hydrogens is 156 g/mol. The lowest BCUT2D eigenvalue weighted by Gasteiger charge is -1.95. The van der Waals surface area contributed by atoms with Gasteiger partial charge in [0.15, 0.2) is 0 Å². The molecule has 0 radical (unpaired) electrons. The van der Waals surface area contributed by atoms with Crippen LogP contribution in [0.2, 0.25) is 6.04 Å². The van der Waals surface area contributed by atoms with Crippen LogP contribution < -0.4 is 5.19 Å². The molecule has 10 heavy (non-hydrogen) atoms. The second kappa shape index (κ2) is 4.58. The molecule has 0 nitrogen and oxygen atoms in total. The minimum absolute atomic E-state index is 0.0122. The van der Waals surface area contributed by atoms with E-state index in [0.717, 1.165) is 5.75 Å². The summed E-state index contributed by atoms with van der Waals surface area (Å²) in [6, 6.07) is 12.0. The number of thiol groups is 1. The fourth-order valence-electron chi connectivity index (χ4n) is 0.928. The lowest BCUT2D eigenvalue weighted by molar-refractivity contribution is 1.50. The predicted molar refractivity (Wildman–Crippen MR) is 53.3 cm³/mol. The second-order valence-corrected chi connectivity index (χ2v) is 4.78. The zero-order chi connectivity index (χ0) is 7.23. The van der Waals surface area contributed by atoms with Gasteiger partial charge in [-0.3, -0.25) is 0 Å². The molecule has 0 heterocycles. The normalized spacial score (nSPS) is 10.9. The summed E-state index contributed by atoms with van der Waals surface area (Å²) in [6.45, 7) is 0. The summed E-state index contributed by atoms with van der Waals surface area (Å²) in [4.78, 5) is 0. The summed E-state index contributed by atoms with van der Waals surface area (Å²) in [6.07, 6.45) is 0. The van der Waals surface area contributed by atoms with Crippen molar-refractivity contribution in [3.05, 3.63) is 30.3 Å². The smallest absolute Gasteiger partial charge is 0.0555 e. The summed E-state index contributed by atoms with van der Waals surface area (Å²) < 4.78 is 0. The van der Waals surface area contributed by atoms with E-state index >= 15 is 0 Å².